The van der Waals surface area contributed by atoms with Crippen molar-refractivity contribution in [2.75, 3.05) is 25.6 Å². The molecule has 2 rings (SSSR count). The van der Waals surface area contributed by atoms with Gasteiger partial charge < -0.3 is 19.8 Å². The minimum atomic E-state index is -0.438. The molecule has 0 aliphatic heterocycles. The fourth-order valence-corrected chi connectivity index (χ4v) is 2.02. The summed E-state index contributed by atoms with van der Waals surface area (Å²) in [4.78, 5) is 23.6. The second-order valence-electron chi connectivity index (χ2n) is 4.71. The molecule has 0 aliphatic rings. The molecule has 0 unspecified atom stereocenters. The highest BCUT2D eigenvalue weighted by atomic mass is 32.1. The summed E-state index contributed by atoms with van der Waals surface area (Å²) in [6.45, 7) is 0.896. The van der Waals surface area contributed by atoms with Gasteiger partial charge in [0.15, 0.2) is 10.9 Å². The molecule has 0 radical (unpaired) electrons. The largest absolute Gasteiger partial charge is 0.459 e. The first kappa shape index (κ1) is 17.6. The number of methoxy groups -OCH3 is 1. The van der Waals surface area contributed by atoms with Crippen molar-refractivity contribution in [2.24, 2.45) is 0 Å². The summed E-state index contributed by atoms with van der Waals surface area (Å²) < 4.78 is 9.85. The van der Waals surface area contributed by atoms with Crippen LogP contribution in [0.15, 0.2) is 47.1 Å². The SMILES string of the molecule is COCCNC(=O)c1ccc(NC(=S)NC(=O)c2ccco2)cc1. The summed E-state index contributed by atoms with van der Waals surface area (Å²) in [5, 5.41) is 8.21. The van der Waals surface area contributed by atoms with Crippen molar-refractivity contribution in [1.29, 1.82) is 0 Å². The van der Waals surface area contributed by atoms with Gasteiger partial charge in [-0.3, -0.25) is 14.9 Å². The molecule has 2 aromatic rings. The third-order valence-corrected chi connectivity index (χ3v) is 3.17. The lowest BCUT2D eigenvalue weighted by atomic mass is 10.2. The molecule has 126 valence electrons. The Balaban J connectivity index is 1.85. The Bertz CT molecular complexity index is 699. The van der Waals surface area contributed by atoms with E-state index in [2.05, 4.69) is 16.0 Å². The number of furan rings is 1. The Labute approximate surface area is 144 Å². The Morgan fingerprint density at radius 3 is 2.54 bits per heavy atom. The number of nitrogens with one attached hydrogen (secondary N) is 3. The van der Waals surface area contributed by atoms with Crippen LogP contribution >= 0.6 is 12.2 Å². The monoisotopic (exact) mass is 347 g/mol. The van der Waals surface area contributed by atoms with Crippen molar-refractivity contribution in [2.45, 2.75) is 0 Å². The number of hydrogen-bond acceptors (Lipinski definition) is 5. The zero-order valence-electron chi connectivity index (χ0n) is 13.0. The van der Waals surface area contributed by atoms with Crippen LogP contribution in [0.3, 0.4) is 0 Å². The van der Waals surface area contributed by atoms with E-state index in [9.17, 15) is 9.59 Å². The maximum Gasteiger partial charge on any atom is 0.293 e. The van der Waals surface area contributed by atoms with Gasteiger partial charge in [-0.05, 0) is 48.6 Å². The smallest absolute Gasteiger partial charge is 0.293 e. The van der Waals surface area contributed by atoms with E-state index in [1.165, 1.54) is 12.3 Å². The third-order valence-electron chi connectivity index (χ3n) is 2.97. The van der Waals surface area contributed by atoms with Gasteiger partial charge in [-0.15, -0.1) is 0 Å². The van der Waals surface area contributed by atoms with Crippen molar-refractivity contribution in [3.8, 4) is 0 Å². The van der Waals surface area contributed by atoms with Crippen molar-refractivity contribution in [3.63, 3.8) is 0 Å². The molecule has 7 nitrogen and oxygen atoms in total. The predicted molar refractivity (Wildman–Crippen MR) is 93.0 cm³/mol. The van der Waals surface area contributed by atoms with Crippen LogP contribution in [0.1, 0.15) is 20.9 Å². The molecule has 1 aromatic heterocycles. The molecule has 0 fully saturated rings. The molecular weight excluding hydrogens is 330 g/mol. The number of ether oxygens (including phenoxy) is 1. The van der Waals surface area contributed by atoms with Gasteiger partial charge in [-0.2, -0.15) is 0 Å². The number of carbonyl (C=O) groups excluding carboxylic acids is 2. The van der Waals surface area contributed by atoms with Crippen molar-refractivity contribution in [1.82, 2.24) is 10.6 Å². The van der Waals surface area contributed by atoms with E-state index in [0.29, 0.717) is 24.4 Å². The van der Waals surface area contributed by atoms with E-state index in [0.717, 1.165) is 0 Å². The summed E-state index contributed by atoms with van der Waals surface area (Å²) in [5.41, 5.74) is 1.16. The molecule has 8 heteroatoms. The molecule has 0 spiro atoms. The molecule has 1 heterocycles. The molecule has 0 bridgehead atoms. The van der Waals surface area contributed by atoms with Gasteiger partial charge in [0.05, 0.1) is 12.9 Å². The zero-order valence-corrected chi connectivity index (χ0v) is 13.8. The molecule has 0 atom stereocenters. The zero-order chi connectivity index (χ0) is 17.4. The Morgan fingerprint density at radius 1 is 1.17 bits per heavy atom. The van der Waals surface area contributed by atoms with Gasteiger partial charge in [-0.1, -0.05) is 0 Å². The topological polar surface area (TPSA) is 92.6 Å². The summed E-state index contributed by atoms with van der Waals surface area (Å²) in [7, 11) is 1.57. The number of benzene rings is 1. The average molecular weight is 347 g/mol. The van der Waals surface area contributed by atoms with Gasteiger partial charge in [0.25, 0.3) is 11.8 Å². The quantitative estimate of drug-likeness (QED) is 0.545. The van der Waals surface area contributed by atoms with Gasteiger partial charge >= 0.3 is 0 Å². The molecule has 0 saturated carbocycles. The Morgan fingerprint density at radius 2 is 1.92 bits per heavy atom. The maximum absolute atomic E-state index is 11.8. The Kier molecular flexibility index (Phi) is 6.47. The van der Waals surface area contributed by atoms with Crippen LogP contribution in [0.4, 0.5) is 5.69 Å². The highest BCUT2D eigenvalue weighted by molar-refractivity contribution is 7.80. The van der Waals surface area contributed by atoms with Crippen LogP contribution in [-0.4, -0.2) is 37.2 Å². The number of amides is 2. The number of hydrogen-bond donors (Lipinski definition) is 3. The predicted octanol–water partition coefficient (Wildman–Crippen LogP) is 1.78. The summed E-state index contributed by atoms with van der Waals surface area (Å²) in [5.74, 6) is -0.457. The number of anilines is 1. The molecule has 3 N–H and O–H groups in total. The standard InChI is InChI=1S/C16H17N3O4S/c1-22-10-8-17-14(20)11-4-6-12(7-5-11)18-16(24)19-15(21)13-3-2-9-23-13/h2-7,9H,8,10H2,1H3,(H,17,20)(H2,18,19,21,24). The van der Waals surface area contributed by atoms with E-state index in [1.807, 2.05) is 0 Å². The molecule has 1 aromatic carbocycles. The lowest BCUT2D eigenvalue weighted by Gasteiger charge is -2.09. The van der Waals surface area contributed by atoms with E-state index < -0.39 is 5.91 Å². The van der Waals surface area contributed by atoms with E-state index in [-0.39, 0.29) is 16.8 Å². The van der Waals surface area contributed by atoms with Gasteiger partial charge in [-0.25, -0.2) is 0 Å². The average Bonchev–Trinajstić information content (AvgIpc) is 3.10. The lowest BCUT2D eigenvalue weighted by Crippen LogP contribution is -2.33. The molecule has 0 saturated heterocycles. The number of carbonyl (C=O) groups is 2. The van der Waals surface area contributed by atoms with Crippen LogP contribution in [-0.2, 0) is 4.74 Å². The van der Waals surface area contributed by atoms with Crippen LogP contribution in [0.5, 0.6) is 0 Å². The molecule has 2 amide bonds. The maximum atomic E-state index is 11.8. The highest BCUT2D eigenvalue weighted by Crippen LogP contribution is 2.09. The summed E-state index contributed by atoms with van der Waals surface area (Å²) >= 11 is 5.06. The van der Waals surface area contributed by atoms with Gasteiger partial charge in [0.1, 0.15) is 0 Å². The summed E-state index contributed by atoms with van der Waals surface area (Å²) in [6, 6.07) is 9.84. The van der Waals surface area contributed by atoms with Gasteiger partial charge in [0, 0.05) is 24.9 Å². The summed E-state index contributed by atoms with van der Waals surface area (Å²) in [6.07, 6.45) is 1.40. The normalized spacial score (nSPS) is 10.0. The number of thiocarbonyl (C=S) groups is 1. The van der Waals surface area contributed by atoms with Crippen LogP contribution < -0.4 is 16.0 Å². The fourth-order valence-electron chi connectivity index (χ4n) is 1.81. The highest BCUT2D eigenvalue weighted by Gasteiger charge is 2.10. The van der Waals surface area contributed by atoms with Crippen molar-refractivity contribution >= 4 is 34.8 Å². The number of rotatable bonds is 6. The van der Waals surface area contributed by atoms with Crippen molar-refractivity contribution in [3.05, 3.63) is 54.0 Å². The Hall–Kier alpha value is -2.71. The van der Waals surface area contributed by atoms with Gasteiger partial charge in [0.2, 0.25) is 0 Å². The van der Waals surface area contributed by atoms with Crippen LogP contribution in [0, 0.1) is 0 Å². The first-order valence-corrected chi connectivity index (χ1v) is 7.54. The van der Waals surface area contributed by atoms with Crippen molar-refractivity contribution < 1.29 is 18.7 Å². The fraction of sp³-hybridized carbons (Fsp3) is 0.188. The van der Waals surface area contributed by atoms with Crippen LogP contribution in [0.2, 0.25) is 0 Å². The molecular formula is C16H17N3O4S. The van der Waals surface area contributed by atoms with Crippen LogP contribution in [0.25, 0.3) is 0 Å². The second kappa shape index (κ2) is 8.80. The third kappa shape index (κ3) is 5.18. The first-order valence-electron chi connectivity index (χ1n) is 7.13. The minimum absolute atomic E-state index is 0.133. The second-order valence-corrected chi connectivity index (χ2v) is 5.12. The van der Waals surface area contributed by atoms with E-state index in [1.54, 1.807) is 37.4 Å². The lowest BCUT2D eigenvalue weighted by molar-refractivity contribution is 0.0934. The van der Waals surface area contributed by atoms with E-state index >= 15 is 0 Å². The minimum Gasteiger partial charge on any atom is -0.459 e. The van der Waals surface area contributed by atoms with E-state index in [4.69, 9.17) is 21.4 Å². The first-order chi connectivity index (χ1) is 11.6. The molecule has 0 aliphatic carbocycles. The molecule has 24 heavy (non-hydrogen) atoms.